The summed E-state index contributed by atoms with van der Waals surface area (Å²) in [6.45, 7) is 4.52. The predicted molar refractivity (Wildman–Crippen MR) is 118 cm³/mol. The maximum atomic E-state index is 12.4. The minimum atomic E-state index is -1.03. The van der Waals surface area contributed by atoms with Crippen molar-refractivity contribution in [2.45, 2.75) is 25.6 Å². The summed E-state index contributed by atoms with van der Waals surface area (Å²) in [4.78, 5) is 39.1. The van der Waals surface area contributed by atoms with E-state index in [1.807, 2.05) is 12.1 Å². The first kappa shape index (κ1) is 21.6. The standard InChI is InChI=1S/C23H25N3O6/c1-15(22(28)24-16-6-8-17(9-7-16)26-10-12-30-13-11-26)31-21(27)14-20-23(29)25-18-4-2-3-5-19(18)32-20/h2-9,15,20H,10-14H2,1H3,(H,24,28)(H,25,29)/t15-,20-/m1/s1. The van der Waals surface area contributed by atoms with Gasteiger partial charge in [0.15, 0.2) is 12.2 Å². The van der Waals surface area contributed by atoms with Crippen LogP contribution in [0.4, 0.5) is 17.1 Å². The highest BCUT2D eigenvalue weighted by Gasteiger charge is 2.31. The number of amides is 2. The molecule has 1 fully saturated rings. The summed E-state index contributed by atoms with van der Waals surface area (Å²) in [6, 6.07) is 14.4. The molecular weight excluding hydrogens is 414 g/mol. The molecular formula is C23H25N3O6. The van der Waals surface area contributed by atoms with Gasteiger partial charge in [0.05, 0.1) is 25.3 Å². The SMILES string of the molecule is C[C@@H](OC(=O)C[C@H]1Oc2ccccc2NC1=O)C(=O)Nc1ccc(N2CCOCC2)cc1. The second-order valence-electron chi connectivity index (χ2n) is 7.56. The minimum Gasteiger partial charge on any atom is -0.478 e. The molecule has 4 rings (SSSR count). The van der Waals surface area contributed by atoms with Gasteiger partial charge in [-0.1, -0.05) is 12.1 Å². The van der Waals surface area contributed by atoms with E-state index in [-0.39, 0.29) is 6.42 Å². The van der Waals surface area contributed by atoms with Gasteiger partial charge in [0.2, 0.25) is 0 Å². The van der Waals surface area contributed by atoms with Crippen molar-refractivity contribution in [3.8, 4) is 5.75 Å². The fraction of sp³-hybridized carbons (Fsp3) is 0.348. The lowest BCUT2D eigenvalue weighted by Gasteiger charge is -2.29. The Hall–Kier alpha value is -3.59. The number of morpholine rings is 1. The van der Waals surface area contributed by atoms with Gasteiger partial charge in [-0.2, -0.15) is 0 Å². The van der Waals surface area contributed by atoms with Crippen molar-refractivity contribution in [2.75, 3.05) is 41.8 Å². The number of benzene rings is 2. The zero-order valence-corrected chi connectivity index (χ0v) is 17.7. The second-order valence-corrected chi connectivity index (χ2v) is 7.56. The number of anilines is 3. The number of nitrogens with one attached hydrogen (secondary N) is 2. The number of para-hydroxylation sites is 2. The van der Waals surface area contributed by atoms with Crippen LogP contribution in [0.2, 0.25) is 0 Å². The third-order valence-corrected chi connectivity index (χ3v) is 5.25. The molecule has 0 spiro atoms. The maximum Gasteiger partial charge on any atom is 0.310 e. The molecule has 2 aromatic rings. The normalized spacial score (nSPS) is 18.6. The van der Waals surface area contributed by atoms with Crippen LogP contribution >= 0.6 is 0 Å². The zero-order chi connectivity index (χ0) is 22.5. The number of fused-ring (bicyclic) bond motifs is 1. The highest BCUT2D eigenvalue weighted by atomic mass is 16.6. The molecule has 32 heavy (non-hydrogen) atoms. The summed E-state index contributed by atoms with van der Waals surface area (Å²) in [5.74, 6) is -1.11. The van der Waals surface area contributed by atoms with Gasteiger partial charge in [-0.15, -0.1) is 0 Å². The Morgan fingerprint density at radius 1 is 1.16 bits per heavy atom. The van der Waals surface area contributed by atoms with Gasteiger partial charge in [-0.05, 0) is 43.3 Å². The fourth-order valence-corrected chi connectivity index (χ4v) is 3.50. The van der Waals surface area contributed by atoms with Crippen LogP contribution in [0.25, 0.3) is 0 Å². The van der Waals surface area contributed by atoms with Crippen LogP contribution in [0.5, 0.6) is 5.75 Å². The molecule has 9 nitrogen and oxygen atoms in total. The average Bonchev–Trinajstić information content (AvgIpc) is 2.80. The van der Waals surface area contributed by atoms with Crippen LogP contribution in [-0.4, -0.2) is 56.3 Å². The van der Waals surface area contributed by atoms with Gasteiger partial charge in [0, 0.05) is 24.5 Å². The molecule has 0 aromatic heterocycles. The van der Waals surface area contributed by atoms with Crippen LogP contribution in [0, 0.1) is 0 Å². The summed E-state index contributed by atoms with van der Waals surface area (Å²) in [6.07, 6.45) is -2.34. The van der Waals surface area contributed by atoms with Crippen LogP contribution in [0.1, 0.15) is 13.3 Å². The molecule has 2 aliphatic heterocycles. The first-order valence-corrected chi connectivity index (χ1v) is 10.5. The summed E-state index contributed by atoms with van der Waals surface area (Å²) < 4.78 is 16.2. The van der Waals surface area contributed by atoms with E-state index in [4.69, 9.17) is 14.2 Å². The van der Waals surface area contributed by atoms with E-state index in [1.165, 1.54) is 6.92 Å². The van der Waals surface area contributed by atoms with Crippen molar-refractivity contribution in [3.63, 3.8) is 0 Å². The Morgan fingerprint density at radius 2 is 1.88 bits per heavy atom. The van der Waals surface area contributed by atoms with Crippen LogP contribution in [0.15, 0.2) is 48.5 Å². The number of ether oxygens (including phenoxy) is 3. The first-order chi connectivity index (χ1) is 15.5. The number of hydrogen-bond acceptors (Lipinski definition) is 7. The molecule has 9 heteroatoms. The highest BCUT2D eigenvalue weighted by molar-refractivity contribution is 6.00. The van der Waals surface area contributed by atoms with E-state index in [9.17, 15) is 14.4 Å². The van der Waals surface area contributed by atoms with Crippen molar-refractivity contribution >= 4 is 34.8 Å². The van der Waals surface area contributed by atoms with Gasteiger partial charge in [0.25, 0.3) is 11.8 Å². The summed E-state index contributed by atoms with van der Waals surface area (Å²) in [5, 5.41) is 5.42. The van der Waals surface area contributed by atoms with E-state index in [1.54, 1.807) is 36.4 Å². The number of esters is 1. The van der Waals surface area contributed by atoms with Crippen LogP contribution < -0.4 is 20.3 Å². The van der Waals surface area contributed by atoms with Crippen molar-refractivity contribution < 1.29 is 28.6 Å². The highest BCUT2D eigenvalue weighted by Crippen LogP contribution is 2.29. The van der Waals surface area contributed by atoms with Crippen molar-refractivity contribution in [1.29, 1.82) is 0 Å². The smallest absolute Gasteiger partial charge is 0.310 e. The molecule has 168 valence electrons. The molecule has 2 heterocycles. The number of hydrogen-bond donors (Lipinski definition) is 2. The largest absolute Gasteiger partial charge is 0.478 e. The lowest BCUT2D eigenvalue weighted by Crippen LogP contribution is -2.40. The molecule has 2 aromatic carbocycles. The van der Waals surface area contributed by atoms with Crippen molar-refractivity contribution in [1.82, 2.24) is 0 Å². The Bertz CT molecular complexity index is 987. The Morgan fingerprint density at radius 3 is 2.62 bits per heavy atom. The lowest BCUT2D eigenvalue weighted by molar-refractivity contribution is -0.155. The van der Waals surface area contributed by atoms with E-state index in [2.05, 4.69) is 15.5 Å². The van der Waals surface area contributed by atoms with Gasteiger partial charge >= 0.3 is 5.97 Å². The third kappa shape index (κ3) is 5.17. The molecule has 0 unspecified atom stereocenters. The van der Waals surface area contributed by atoms with Crippen LogP contribution in [-0.2, 0) is 23.9 Å². The van der Waals surface area contributed by atoms with E-state index < -0.39 is 30.0 Å². The topological polar surface area (TPSA) is 106 Å². The summed E-state index contributed by atoms with van der Waals surface area (Å²) >= 11 is 0. The van der Waals surface area contributed by atoms with Gasteiger partial charge < -0.3 is 29.7 Å². The molecule has 0 saturated carbocycles. The zero-order valence-electron chi connectivity index (χ0n) is 17.7. The van der Waals surface area contributed by atoms with Gasteiger partial charge in [-0.25, -0.2) is 0 Å². The number of carbonyl (C=O) groups is 3. The predicted octanol–water partition coefficient (Wildman–Crippen LogP) is 2.18. The second kappa shape index (κ2) is 9.69. The van der Waals surface area contributed by atoms with Gasteiger partial charge in [0.1, 0.15) is 5.75 Å². The van der Waals surface area contributed by atoms with Gasteiger partial charge in [-0.3, -0.25) is 14.4 Å². The summed E-state index contributed by atoms with van der Waals surface area (Å²) in [5.41, 5.74) is 2.20. The molecule has 2 N–H and O–H groups in total. The van der Waals surface area contributed by atoms with E-state index in [0.29, 0.717) is 30.3 Å². The fourth-order valence-electron chi connectivity index (χ4n) is 3.50. The Labute approximate surface area is 185 Å². The molecule has 2 aliphatic rings. The maximum absolute atomic E-state index is 12.4. The monoisotopic (exact) mass is 439 g/mol. The van der Waals surface area contributed by atoms with Crippen LogP contribution in [0.3, 0.4) is 0 Å². The Kier molecular flexibility index (Phi) is 6.55. The molecule has 0 radical (unpaired) electrons. The molecule has 0 bridgehead atoms. The first-order valence-electron chi connectivity index (χ1n) is 10.5. The molecule has 1 saturated heterocycles. The van der Waals surface area contributed by atoms with Crippen molar-refractivity contribution in [3.05, 3.63) is 48.5 Å². The summed E-state index contributed by atoms with van der Waals surface area (Å²) in [7, 11) is 0. The number of rotatable bonds is 6. The number of nitrogens with zero attached hydrogens (tertiary/aromatic N) is 1. The average molecular weight is 439 g/mol. The molecule has 0 aliphatic carbocycles. The van der Waals surface area contributed by atoms with E-state index >= 15 is 0 Å². The lowest BCUT2D eigenvalue weighted by atomic mass is 10.1. The van der Waals surface area contributed by atoms with Crippen molar-refractivity contribution in [2.24, 2.45) is 0 Å². The third-order valence-electron chi connectivity index (χ3n) is 5.25. The quantitative estimate of drug-likeness (QED) is 0.665. The van der Waals surface area contributed by atoms with E-state index in [0.717, 1.165) is 18.8 Å². The Balaban J connectivity index is 1.27. The molecule has 2 atom stereocenters. The number of carbonyl (C=O) groups excluding carboxylic acids is 3. The molecule has 2 amide bonds. The minimum absolute atomic E-state index is 0.300.